The number of carboxylic acids is 1. The maximum Gasteiger partial charge on any atom is 0.336 e. The molecule has 0 spiro atoms. The zero-order valence-electron chi connectivity index (χ0n) is 40.4. The number of unbranched alkanes of at least 4 members (excludes halogenated alkanes) is 5. The standard InChI is InChI=1S/C66H55N3O3/c1-2-3-4-5-6-19-43-67-65(70)60-44-59(46-33-37-52(38-34-46)69(49-25-15-9-16-26-49)50-27-17-10-18-28-50)62-57-30-20-29-54-53(39-40-55(61(54)57)56-41-42-58(66(71)72)63(60)64(56)62)45-31-35-51(36-32-45)68(47-21-11-7-12-22-47)48-23-13-8-14-24-48/h7-18,20-42,44H,2-6,19,43H2,1H3,(H,67,70)(H,71,72). The number of aliphatic hydroxyl groups is 1. The highest BCUT2D eigenvalue weighted by Crippen LogP contribution is 2.49. The first-order chi connectivity index (χ1) is 35.5. The van der Waals surface area contributed by atoms with Gasteiger partial charge in [-0.05, 0) is 151 Å². The van der Waals surface area contributed by atoms with E-state index in [1.807, 2.05) is 36.4 Å². The van der Waals surface area contributed by atoms with Crippen molar-refractivity contribution in [3.63, 3.8) is 0 Å². The van der Waals surface area contributed by atoms with Gasteiger partial charge in [0, 0.05) is 51.6 Å². The van der Waals surface area contributed by atoms with Crippen molar-refractivity contribution in [2.24, 2.45) is 4.99 Å². The van der Waals surface area contributed by atoms with E-state index in [1.165, 1.54) is 19.3 Å². The van der Waals surface area contributed by atoms with Gasteiger partial charge in [-0.3, -0.25) is 4.99 Å². The number of anilines is 6. The van der Waals surface area contributed by atoms with E-state index in [9.17, 15) is 15.0 Å². The normalized spacial score (nSPS) is 11.8. The molecule has 6 nitrogen and oxygen atoms in total. The molecule has 2 N–H and O–H groups in total. The number of aliphatic hydroxyl groups excluding tert-OH is 1. The summed E-state index contributed by atoms with van der Waals surface area (Å²) in [6.45, 7) is 2.66. The van der Waals surface area contributed by atoms with Crippen LogP contribution in [0.3, 0.4) is 0 Å². The van der Waals surface area contributed by atoms with Gasteiger partial charge in [0.2, 0.25) is 5.90 Å². The molecule has 11 rings (SSSR count). The second-order valence-electron chi connectivity index (χ2n) is 18.5. The van der Waals surface area contributed by atoms with Crippen molar-refractivity contribution in [2.75, 3.05) is 16.3 Å². The Hall–Kier alpha value is -8.74. The zero-order chi connectivity index (χ0) is 49.0. The Morgan fingerprint density at radius 1 is 0.389 bits per heavy atom. The fraction of sp³-hybridized carbons (Fsp3) is 0.121. The fourth-order valence-corrected chi connectivity index (χ4v) is 10.7. The lowest BCUT2D eigenvalue weighted by Gasteiger charge is -2.26. The van der Waals surface area contributed by atoms with Crippen LogP contribution in [0.25, 0.3) is 65.3 Å². The molecule has 6 heteroatoms. The van der Waals surface area contributed by atoms with E-state index in [4.69, 9.17) is 4.99 Å². The average Bonchev–Trinajstić information content (AvgIpc) is 3.43. The summed E-state index contributed by atoms with van der Waals surface area (Å²) in [5, 5.41) is 30.4. The van der Waals surface area contributed by atoms with E-state index in [0.29, 0.717) is 17.5 Å². The maximum atomic E-state index is 13.3. The van der Waals surface area contributed by atoms with Gasteiger partial charge >= 0.3 is 5.97 Å². The van der Waals surface area contributed by atoms with Gasteiger partial charge in [-0.1, -0.05) is 172 Å². The molecule has 0 radical (unpaired) electrons. The van der Waals surface area contributed by atoms with E-state index < -0.39 is 5.97 Å². The maximum absolute atomic E-state index is 13.3. The molecular formula is C66H55N3O3. The molecule has 0 saturated heterocycles. The van der Waals surface area contributed by atoms with E-state index in [1.54, 1.807) is 6.07 Å². The number of rotatable bonds is 17. The minimum absolute atomic E-state index is 0.127. The van der Waals surface area contributed by atoms with Gasteiger partial charge in [0.05, 0.1) is 5.56 Å². The summed E-state index contributed by atoms with van der Waals surface area (Å²) in [4.78, 5) is 22.6. The van der Waals surface area contributed by atoms with Crippen LogP contribution >= 0.6 is 0 Å². The van der Waals surface area contributed by atoms with E-state index in [2.05, 4.69) is 193 Å². The highest BCUT2D eigenvalue weighted by molar-refractivity contribution is 6.39. The Morgan fingerprint density at radius 3 is 1.38 bits per heavy atom. The van der Waals surface area contributed by atoms with E-state index in [-0.39, 0.29) is 11.5 Å². The third kappa shape index (κ3) is 8.66. The van der Waals surface area contributed by atoms with Crippen LogP contribution in [0.15, 0.2) is 223 Å². The van der Waals surface area contributed by atoms with Crippen LogP contribution in [0.5, 0.6) is 0 Å². The Bertz CT molecular complexity index is 3610. The molecule has 0 aliphatic carbocycles. The summed E-state index contributed by atoms with van der Waals surface area (Å²) in [6.07, 6.45) is 6.56. The smallest absolute Gasteiger partial charge is 0.336 e. The Kier molecular flexibility index (Phi) is 12.9. The highest BCUT2D eigenvalue weighted by atomic mass is 16.4. The summed E-state index contributed by atoms with van der Waals surface area (Å²) in [5.74, 6) is -1.20. The molecular weight excluding hydrogens is 883 g/mol. The largest absolute Gasteiger partial charge is 0.493 e. The molecule has 0 unspecified atom stereocenters. The van der Waals surface area contributed by atoms with Crippen LogP contribution in [-0.4, -0.2) is 28.6 Å². The predicted octanol–water partition coefficient (Wildman–Crippen LogP) is 18.4. The fourth-order valence-electron chi connectivity index (χ4n) is 10.7. The van der Waals surface area contributed by atoms with Crippen LogP contribution in [0.1, 0.15) is 61.4 Å². The number of carbonyl (C=O) groups is 1. The molecule has 11 aromatic carbocycles. The van der Waals surface area contributed by atoms with Crippen LogP contribution in [-0.2, 0) is 0 Å². The summed E-state index contributed by atoms with van der Waals surface area (Å²) in [5.41, 5.74) is 10.8. The van der Waals surface area contributed by atoms with Crippen molar-refractivity contribution in [1.82, 2.24) is 0 Å². The molecule has 11 aromatic rings. The van der Waals surface area contributed by atoms with Crippen molar-refractivity contribution < 1.29 is 15.0 Å². The molecule has 0 heterocycles. The molecule has 0 aliphatic heterocycles. The van der Waals surface area contributed by atoms with Crippen molar-refractivity contribution in [3.8, 4) is 22.3 Å². The monoisotopic (exact) mass is 937 g/mol. The SMILES string of the molecule is CCCCCCCCN=C(O)c1cc(-c2ccc(N(c3ccccc3)c3ccccc3)cc2)c2c3cccc4c(-c5ccc(N(c6ccccc6)c6ccccc6)cc5)ccc(c5ccc(C(=O)O)c1c52)c43. The van der Waals surface area contributed by atoms with Crippen LogP contribution in [0, 0.1) is 0 Å². The third-order valence-corrected chi connectivity index (χ3v) is 14.1. The number of hydrogen-bond acceptors (Lipinski definition) is 4. The summed E-state index contributed by atoms with van der Waals surface area (Å²) in [7, 11) is 0. The molecule has 0 atom stereocenters. The number of fused-ring (bicyclic) bond motifs is 2. The molecule has 0 bridgehead atoms. The van der Waals surface area contributed by atoms with E-state index >= 15 is 0 Å². The molecule has 0 aromatic heterocycles. The number of nitrogens with zero attached hydrogens (tertiary/aromatic N) is 3. The van der Waals surface area contributed by atoms with Crippen molar-refractivity contribution in [2.45, 2.75) is 45.4 Å². The quantitative estimate of drug-likeness (QED) is 0.0313. The highest BCUT2D eigenvalue weighted by Gasteiger charge is 2.26. The Balaban J connectivity index is 1.11. The number of benzene rings is 11. The lowest BCUT2D eigenvalue weighted by atomic mass is 9.81. The summed E-state index contributed by atoms with van der Waals surface area (Å²) < 4.78 is 0. The number of hydrogen-bond donors (Lipinski definition) is 2. The molecule has 352 valence electrons. The van der Waals surface area contributed by atoms with Crippen molar-refractivity contribution >= 4 is 89.1 Å². The molecule has 0 saturated carbocycles. The first kappa shape index (κ1) is 45.7. The minimum atomic E-state index is -1.06. The molecule has 72 heavy (non-hydrogen) atoms. The van der Waals surface area contributed by atoms with Gasteiger partial charge in [-0.25, -0.2) is 4.79 Å². The lowest BCUT2D eigenvalue weighted by Crippen LogP contribution is -2.09. The molecule has 0 amide bonds. The minimum Gasteiger partial charge on any atom is -0.493 e. The third-order valence-electron chi connectivity index (χ3n) is 14.1. The number of carboxylic acid groups (broad SMARTS) is 1. The van der Waals surface area contributed by atoms with Gasteiger partial charge in [-0.2, -0.15) is 0 Å². The average molecular weight is 938 g/mol. The Morgan fingerprint density at radius 2 is 0.847 bits per heavy atom. The van der Waals surface area contributed by atoms with Crippen LogP contribution in [0.2, 0.25) is 0 Å². The molecule has 0 aliphatic rings. The lowest BCUT2D eigenvalue weighted by molar-refractivity contribution is 0.0699. The predicted molar refractivity (Wildman–Crippen MR) is 302 cm³/mol. The van der Waals surface area contributed by atoms with Gasteiger partial charge in [-0.15, -0.1) is 0 Å². The number of para-hydroxylation sites is 4. The first-order valence-corrected chi connectivity index (χ1v) is 25.2. The van der Waals surface area contributed by atoms with Gasteiger partial charge < -0.3 is 20.0 Å². The summed E-state index contributed by atoms with van der Waals surface area (Å²) >= 11 is 0. The first-order valence-electron chi connectivity index (χ1n) is 25.2. The van der Waals surface area contributed by atoms with Crippen molar-refractivity contribution in [3.05, 3.63) is 230 Å². The zero-order valence-corrected chi connectivity index (χ0v) is 40.4. The van der Waals surface area contributed by atoms with Crippen LogP contribution in [0.4, 0.5) is 34.1 Å². The topological polar surface area (TPSA) is 76.4 Å². The number of aromatic carboxylic acids is 1. The van der Waals surface area contributed by atoms with E-state index in [0.717, 1.165) is 113 Å². The number of aliphatic imine (C=N–C) groups is 1. The second kappa shape index (κ2) is 20.3. The van der Waals surface area contributed by atoms with Gasteiger partial charge in [0.25, 0.3) is 0 Å². The van der Waals surface area contributed by atoms with Gasteiger partial charge in [0.15, 0.2) is 0 Å². The van der Waals surface area contributed by atoms with Crippen LogP contribution < -0.4 is 9.80 Å². The van der Waals surface area contributed by atoms with Crippen molar-refractivity contribution in [1.29, 1.82) is 0 Å². The molecule has 0 fully saturated rings. The Labute approximate surface area is 420 Å². The van der Waals surface area contributed by atoms with Gasteiger partial charge in [0.1, 0.15) is 0 Å². The summed E-state index contributed by atoms with van der Waals surface area (Å²) in [6, 6.07) is 75.4. The second-order valence-corrected chi connectivity index (χ2v) is 18.5.